The van der Waals surface area contributed by atoms with E-state index in [0.29, 0.717) is 5.41 Å². The summed E-state index contributed by atoms with van der Waals surface area (Å²) in [6.45, 7) is 10.8. The molecule has 2 fully saturated rings. The lowest BCUT2D eigenvalue weighted by atomic mass is 9.76. The summed E-state index contributed by atoms with van der Waals surface area (Å²) in [5, 5.41) is 3.61. The molecule has 2 aliphatic rings. The van der Waals surface area contributed by atoms with Crippen LogP contribution in [0.25, 0.3) is 0 Å². The highest BCUT2D eigenvalue weighted by Crippen LogP contribution is 2.39. The Morgan fingerprint density at radius 3 is 2.36 bits per heavy atom. The van der Waals surface area contributed by atoms with Gasteiger partial charge in [0, 0.05) is 18.6 Å². The molecule has 2 heteroatoms. The van der Waals surface area contributed by atoms with Crippen molar-refractivity contribution in [2.45, 2.75) is 52.1 Å². The van der Waals surface area contributed by atoms with Crippen LogP contribution in [0.3, 0.4) is 0 Å². The van der Waals surface area contributed by atoms with Gasteiger partial charge in [0.2, 0.25) is 0 Å². The fraction of sp³-hybridized carbons (Fsp3) is 1.00. The Morgan fingerprint density at radius 2 is 1.93 bits per heavy atom. The Bertz CT molecular complexity index is 192. The summed E-state index contributed by atoms with van der Waals surface area (Å²) in [6.07, 6.45) is 4.21. The molecule has 0 aliphatic carbocycles. The zero-order valence-corrected chi connectivity index (χ0v) is 9.84. The molecule has 82 valence electrons. The van der Waals surface area contributed by atoms with Crippen molar-refractivity contribution in [3.8, 4) is 0 Å². The maximum absolute atomic E-state index is 3.61. The fourth-order valence-corrected chi connectivity index (χ4v) is 3.08. The molecule has 2 rings (SSSR count). The summed E-state index contributed by atoms with van der Waals surface area (Å²) in [6, 6.07) is 1.49. The quantitative estimate of drug-likeness (QED) is 0.688. The molecule has 0 aromatic rings. The van der Waals surface area contributed by atoms with Crippen LogP contribution in [0.15, 0.2) is 0 Å². The number of rotatable bonds is 1. The predicted molar refractivity (Wildman–Crippen MR) is 60.5 cm³/mol. The number of nitrogens with one attached hydrogen (secondary N) is 1. The third kappa shape index (κ3) is 1.96. The molecule has 0 saturated carbocycles. The van der Waals surface area contributed by atoms with Gasteiger partial charge in [-0.3, -0.25) is 0 Å². The van der Waals surface area contributed by atoms with E-state index in [-0.39, 0.29) is 0 Å². The van der Waals surface area contributed by atoms with Crippen LogP contribution in [-0.2, 0) is 0 Å². The third-order valence-electron chi connectivity index (χ3n) is 4.15. The molecule has 2 saturated heterocycles. The highest BCUT2D eigenvalue weighted by molar-refractivity contribution is 4.95. The van der Waals surface area contributed by atoms with Gasteiger partial charge in [0.1, 0.15) is 0 Å². The zero-order chi connectivity index (χ0) is 10.2. The predicted octanol–water partition coefficient (Wildman–Crippen LogP) is 1.86. The highest BCUT2D eigenvalue weighted by atomic mass is 15.2. The Kier molecular flexibility index (Phi) is 2.85. The lowest BCUT2D eigenvalue weighted by Gasteiger charge is -2.40. The molecule has 0 aromatic heterocycles. The van der Waals surface area contributed by atoms with Crippen LogP contribution < -0.4 is 5.32 Å². The number of piperidine rings is 1. The van der Waals surface area contributed by atoms with Gasteiger partial charge in [-0.15, -0.1) is 0 Å². The van der Waals surface area contributed by atoms with Crippen molar-refractivity contribution >= 4 is 0 Å². The number of nitrogens with zero attached hydrogens (tertiary/aromatic N) is 1. The first-order valence-corrected chi connectivity index (χ1v) is 6.09. The summed E-state index contributed by atoms with van der Waals surface area (Å²) in [4.78, 5) is 2.62. The smallest absolute Gasteiger partial charge is 0.00447 e. The Labute approximate surface area is 88.1 Å². The van der Waals surface area contributed by atoms with Gasteiger partial charge < -0.3 is 10.2 Å². The maximum atomic E-state index is 3.61. The summed E-state index contributed by atoms with van der Waals surface area (Å²) in [5.41, 5.74) is 0.658. The van der Waals surface area contributed by atoms with E-state index in [4.69, 9.17) is 0 Å². The van der Waals surface area contributed by atoms with Crippen LogP contribution in [0.1, 0.15) is 40.0 Å². The summed E-state index contributed by atoms with van der Waals surface area (Å²) in [5.74, 6) is 0. The molecular formula is C12H24N2. The van der Waals surface area contributed by atoms with E-state index in [1.54, 1.807) is 0 Å². The molecule has 0 amide bonds. The van der Waals surface area contributed by atoms with E-state index >= 15 is 0 Å². The summed E-state index contributed by atoms with van der Waals surface area (Å²) >= 11 is 0. The minimum Gasteiger partial charge on any atom is -0.314 e. The SMILES string of the molecule is CC1CC2(CCN(C(C)C)CC2)CN1. The molecule has 1 unspecified atom stereocenters. The first-order chi connectivity index (χ1) is 6.61. The second kappa shape index (κ2) is 3.82. The van der Waals surface area contributed by atoms with Crippen molar-refractivity contribution < 1.29 is 0 Å². The lowest BCUT2D eigenvalue weighted by Crippen LogP contribution is -2.44. The summed E-state index contributed by atoms with van der Waals surface area (Å²) in [7, 11) is 0. The minimum atomic E-state index is 0.658. The first kappa shape index (κ1) is 10.4. The Balaban J connectivity index is 1.89. The van der Waals surface area contributed by atoms with Crippen LogP contribution in [0, 0.1) is 5.41 Å². The molecule has 2 nitrogen and oxygen atoms in total. The van der Waals surface area contributed by atoms with E-state index in [2.05, 4.69) is 31.0 Å². The molecule has 2 heterocycles. The number of hydrogen-bond acceptors (Lipinski definition) is 2. The van der Waals surface area contributed by atoms with E-state index in [1.807, 2.05) is 0 Å². The maximum Gasteiger partial charge on any atom is 0.00447 e. The van der Waals surface area contributed by atoms with Crippen LogP contribution >= 0.6 is 0 Å². The third-order valence-corrected chi connectivity index (χ3v) is 4.15. The van der Waals surface area contributed by atoms with Crippen LogP contribution in [0.2, 0.25) is 0 Å². The van der Waals surface area contributed by atoms with Crippen molar-refractivity contribution in [2.24, 2.45) is 5.41 Å². The van der Waals surface area contributed by atoms with Crippen molar-refractivity contribution in [3.05, 3.63) is 0 Å². The second-order valence-electron chi connectivity index (χ2n) is 5.62. The first-order valence-electron chi connectivity index (χ1n) is 6.09. The van der Waals surface area contributed by atoms with Crippen molar-refractivity contribution in [2.75, 3.05) is 19.6 Å². The van der Waals surface area contributed by atoms with Gasteiger partial charge >= 0.3 is 0 Å². The topological polar surface area (TPSA) is 15.3 Å². The molecule has 0 aromatic carbocycles. The molecule has 2 aliphatic heterocycles. The molecule has 14 heavy (non-hydrogen) atoms. The minimum absolute atomic E-state index is 0.658. The van der Waals surface area contributed by atoms with Crippen LogP contribution in [0.5, 0.6) is 0 Å². The largest absolute Gasteiger partial charge is 0.314 e. The standard InChI is InChI=1S/C12H24N2/c1-10(2)14-6-4-12(5-7-14)8-11(3)13-9-12/h10-11,13H,4-9H2,1-3H3. The monoisotopic (exact) mass is 196 g/mol. The van der Waals surface area contributed by atoms with E-state index in [9.17, 15) is 0 Å². The number of hydrogen-bond donors (Lipinski definition) is 1. The molecule has 1 atom stereocenters. The van der Waals surface area contributed by atoms with E-state index in [0.717, 1.165) is 12.1 Å². The fourth-order valence-electron chi connectivity index (χ4n) is 3.08. The van der Waals surface area contributed by atoms with Gasteiger partial charge in [0.25, 0.3) is 0 Å². The molecule has 1 spiro atoms. The van der Waals surface area contributed by atoms with Gasteiger partial charge in [0.15, 0.2) is 0 Å². The molecule has 0 radical (unpaired) electrons. The van der Waals surface area contributed by atoms with E-state index in [1.165, 1.54) is 38.9 Å². The van der Waals surface area contributed by atoms with Crippen molar-refractivity contribution in [3.63, 3.8) is 0 Å². The average Bonchev–Trinajstić information content (AvgIpc) is 2.48. The van der Waals surface area contributed by atoms with Gasteiger partial charge in [-0.1, -0.05) is 0 Å². The second-order valence-corrected chi connectivity index (χ2v) is 5.62. The zero-order valence-electron chi connectivity index (χ0n) is 9.84. The van der Waals surface area contributed by atoms with Crippen LogP contribution in [0.4, 0.5) is 0 Å². The Hall–Kier alpha value is -0.0800. The average molecular weight is 196 g/mol. The van der Waals surface area contributed by atoms with Crippen molar-refractivity contribution in [1.29, 1.82) is 0 Å². The van der Waals surface area contributed by atoms with Gasteiger partial charge in [-0.2, -0.15) is 0 Å². The van der Waals surface area contributed by atoms with E-state index < -0.39 is 0 Å². The summed E-state index contributed by atoms with van der Waals surface area (Å²) < 4.78 is 0. The van der Waals surface area contributed by atoms with Gasteiger partial charge in [-0.25, -0.2) is 0 Å². The molecule has 1 N–H and O–H groups in total. The highest BCUT2D eigenvalue weighted by Gasteiger charge is 2.39. The lowest BCUT2D eigenvalue weighted by molar-refractivity contribution is 0.0943. The number of likely N-dealkylation sites (tertiary alicyclic amines) is 1. The van der Waals surface area contributed by atoms with Gasteiger partial charge in [-0.05, 0) is 58.5 Å². The Morgan fingerprint density at radius 1 is 1.29 bits per heavy atom. The van der Waals surface area contributed by atoms with Crippen molar-refractivity contribution in [1.82, 2.24) is 10.2 Å². The van der Waals surface area contributed by atoms with Gasteiger partial charge in [0.05, 0.1) is 0 Å². The molecule has 0 bridgehead atoms. The molecular weight excluding hydrogens is 172 g/mol. The van der Waals surface area contributed by atoms with Crippen LogP contribution in [-0.4, -0.2) is 36.6 Å². The normalized spacial score (nSPS) is 33.0.